The Balaban J connectivity index is 1.71. The predicted molar refractivity (Wildman–Crippen MR) is 142 cm³/mol. The van der Waals surface area contributed by atoms with Crippen LogP contribution in [0.25, 0.3) is 39.3 Å². The molecule has 0 amide bonds. The van der Waals surface area contributed by atoms with Crippen LogP contribution in [0.15, 0.2) is 114 Å². The van der Waals surface area contributed by atoms with E-state index in [1.54, 1.807) is 23.9 Å². The highest BCUT2D eigenvalue weighted by Crippen LogP contribution is 2.42. The molecule has 5 aromatic rings. The molecule has 0 radical (unpaired) electrons. The van der Waals surface area contributed by atoms with Crippen LogP contribution in [-0.2, 0) is 5.54 Å². The number of para-hydroxylation sites is 1. The van der Waals surface area contributed by atoms with Crippen LogP contribution in [0.4, 0.5) is 4.39 Å². The summed E-state index contributed by atoms with van der Waals surface area (Å²) in [6.45, 7) is 4.49. The van der Waals surface area contributed by atoms with Crippen LogP contribution >= 0.6 is 11.8 Å². The molecule has 2 nitrogen and oxygen atoms in total. The normalized spacial score (nSPS) is 14.1. The smallest absolute Gasteiger partial charge is 0.224 e. The van der Waals surface area contributed by atoms with Gasteiger partial charge in [0.05, 0.1) is 5.56 Å². The van der Waals surface area contributed by atoms with Gasteiger partial charge in [0.25, 0.3) is 5.82 Å². The lowest BCUT2D eigenvalue weighted by molar-refractivity contribution is -0.741. The summed E-state index contributed by atoms with van der Waals surface area (Å²) in [6.07, 6.45) is 4.33. The zero-order valence-corrected chi connectivity index (χ0v) is 20.6. The van der Waals surface area contributed by atoms with Gasteiger partial charge in [0.1, 0.15) is 29.4 Å². The average molecular weight is 478 g/mol. The van der Waals surface area contributed by atoms with Crippen LogP contribution in [0.5, 0.6) is 0 Å². The molecule has 0 spiro atoms. The van der Waals surface area contributed by atoms with E-state index in [0.717, 1.165) is 50.0 Å². The minimum absolute atomic E-state index is 0.144. The molecule has 2 heterocycles. The van der Waals surface area contributed by atoms with E-state index in [0.29, 0.717) is 0 Å². The van der Waals surface area contributed by atoms with Gasteiger partial charge >= 0.3 is 0 Å². The third kappa shape index (κ3) is 3.78. The second-order valence-electron chi connectivity index (χ2n) is 9.54. The zero-order valence-electron chi connectivity index (χ0n) is 19.8. The van der Waals surface area contributed by atoms with E-state index in [1.165, 1.54) is 0 Å². The van der Waals surface area contributed by atoms with Crippen molar-refractivity contribution in [3.63, 3.8) is 0 Å². The molecule has 172 valence electrons. The Morgan fingerprint density at radius 1 is 0.771 bits per heavy atom. The van der Waals surface area contributed by atoms with E-state index in [4.69, 9.17) is 0 Å². The molecular weight excluding hydrogens is 451 g/mol. The van der Waals surface area contributed by atoms with Gasteiger partial charge in [0.2, 0.25) is 0 Å². The third-order valence-corrected chi connectivity index (χ3v) is 8.18. The minimum Gasteiger partial charge on any atom is -0.224 e. The number of hydrogen-bond acceptors (Lipinski definition) is 1. The molecule has 0 fully saturated rings. The highest BCUT2D eigenvalue weighted by molar-refractivity contribution is 7.99. The van der Waals surface area contributed by atoms with E-state index < -0.39 is 0 Å². The first kappa shape index (κ1) is 21.9. The molecule has 0 bridgehead atoms. The van der Waals surface area contributed by atoms with Crippen molar-refractivity contribution in [3.8, 4) is 39.3 Å². The van der Waals surface area contributed by atoms with Gasteiger partial charge in [-0.15, -0.1) is 11.8 Å². The van der Waals surface area contributed by atoms with Crippen molar-refractivity contribution in [2.24, 2.45) is 0 Å². The maximum absolute atomic E-state index is 14.3. The Morgan fingerprint density at radius 3 is 2.03 bits per heavy atom. The average Bonchev–Trinajstić information content (AvgIpc) is 3.30. The van der Waals surface area contributed by atoms with Crippen molar-refractivity contribution >= 4 is 11.8 Å². The van der Waals surface area contributed by atoms with E-state index >= 15 is 0 Å². The number of benzene rings is 4. The lowest BCUT2D eigenvalue weighted by Crippen LogP contribution is -2.53. The van der Waals surface area contributed by atoms with Crippen molar-refractivity contribution in [2.45, 2.75) is 24.3 Å². The van der Waals surface area contributed by atoms with E-state index in [1.807, 2.05) is 18.2 Å². The van der Waals surface area contributed by atoms with Gasteiger partial charge in [0, 0.05) is 21.8 Å². The van der Waals surface area contributed by atoms with Crippen LogP contribution < -0.4 is 4.57 Å². The number of thioether (sulfide) groups is 1. The van der Waals surface area contributed by atoms with Crippen molar-refractivity contribution < 1.29 is 8.96 Å². The maximum atomic E-state index is 14.3. The molecule has 4 heteroatoms. The van der Waals surface area contributed by atoms with Crippen molar-refractivity contribution in [1.82, 2.24) is 4.57 Å². The highest BCUT2D eigenvalue weighted by Gasteiger charge is 2.38. The number of fused-ring (bicyclic) bond motifs is 3. The molecule has 35 heavy (non-hydrogen) atoms. The Bertz CT molecular complexity index is 1460. The minimum atomic E-state index is -0.199. The Morgan fingerprint density at radius 2 is 1.40 bits per heavy atom. The van der Waals surface area contributed by atoms with E-state index in [9.17, 15) is 4.39 Å². The predicted octanol–water partition coefficient (Wildman–Crippen LogP) is 7.75. The summed E-state index contributed by atoms with van der Waals surface area (Å²) in [5, 5.41) is 0. The van der Waals surface area contributed by atoms with Gasteiger partial charge in [-0.2, -0.15) is 4.57 Å². The van der Waals surface area contributed by atoms with E-state index in [-0.39, 0.29) is 11.4 Å². The maximum Gasteiger partial charge on any atom is 0.295 e. The fourth-order valence-corrected chi connectivity index (χ4v) is 6.11. The molecular formula is C31H26FN2S+. The molecule has 4 aromatic carbocycles. The zero-order chi connectivity index (χ0) is 24.0. The Hall–Kier alpha value is -3.63. The second kappa shape index (κ2) is 8.54. The number of halogens is 1. The summed E-state index contributed by atoms with van der Waals surface area (Å²) >= 11 is 1.72. The van der Waals surface area contributed by atoms with Crippen LogP contribution in [0.3, 0.4) is 0 Å². The molecule has 1 aliphatic rings. The van der Waals surface area contributed by atoms with Crippen molar-refractivity contribution in [1.29, 1.82) is 0 Å². The fraction of sp³-hybridized carbons (Fsp3) is 0.129. The third-order valence-electron chi connectivity index (χ3n) is 6.69. The molecule has 6 rings (SSSR count). The SMILES string of the molecule is CC1(C)CSc2cc(F)ccc2-c2n(-c3c(-c4ccccc4)cccc3-c3ccccc3)cc[n+]21. The first-order chi connectivity index (χ1) is 17.0. The molecule has 0 unspecified atom stereocenters. The number of rotatable bonds is 3. The van der Waals surface area contributed by atoms with Gasteiger partial charge in [-0.1, -0.05) is 78.9 Å². The molecule has 0 saturated heterocycles. The largest absolute Gasteiger partial charge is 0.295 e. The Kier molecular flexibility index (Phi) is 5.34. The van der Waals surface area contributed by atoms with Crippen LogP contribution in [0.1, 0.15) is 13.8 Å². The lowest BCUT2D eigenvalue weighted by atomic mass is 9.95. The van der Waals surface area contributed by atoms with Gasteiger partial charge in [-0.25, -0.2) is 8.96 Å². The molecule has 1 aromatic heterocycles. The first-order valence-electron chi connectivity index (χ1n) is 11.8. The number of nitrogens with zero attached hydrogens (tertiary/aromatic N) is 2. The topological polar surface area (TPSA) is 8.81 Å². The van der Waals surface area contributed by atoms with Crippen LogP contribution in [0.2, 0.25) is 0 Å². The van der Waals surface area contributed by atoms with Crippen molar-refractivity contribution in [3.05, 3.63) is 115 Å². The van der Waals surface area contributed by atoms with Gasteiger partial charge in [-0.05, 0) is 43.2 Å². The van der Waals surface area contributed by atoms with Crippen LogP contribution in [-0.4, -0.2) is 10.3 Å². The molecule has 0 atom stereocenters. The van der Waals surface area contributed by atoms with Gasteiger partial charge in [0.15, 0.2) is 0 Å². The highest BCUT2D eigenvalue weighted by atomic mass is 32.2. The summed E-state index contributed by atoms with van der Waals surface area (Å²) in [6, 6.07) is 32.7. The standard InChI is InChI=1S/C31H26FN2S/c1-31(2)21-35-28-20-24(32)16-17-27(28)30-33(18-19-34(30)31)29-25(22-10-5-3-6-11-22)14-9-15-26(29)23-12-7-4-8-13-23/h3-20H,21H2,1-2H3/q+1. The fourth-order valence-electron chi connectivity index (χ4n) is 4.95. The summed E-state index contributed by atoms with van der Waals surface area (Å²) in [7, 11) is 0. The molecule has 1 aliphatic heterocycles. The summed E-state index contributed by atoms with van der Waals surface area (Å²) in [5.41, 5.74) is 6.66. The number of aromatic nitrogens is 2. The number of hydrogen-bond donors (Lipinski definition) is 0. The van der Waals surface area contributed by atoms with Crippen LogP contribution in [0, 0.1) is 5.82 Å². The summed E-state index contributed by atoms with van der Waals surface area (Å²) < 4.78 is 18.9. The molecule has 0 N–H and O–H groups in total. The van der Waals surface area contributed by atoms with Crippen molar-refractivity contribution in [2.75, 3.05) is 5.75 Å². The van der Waals surface area contributed by atoms with E-state index in [2.05, 4.69) is 102 Å². The number of imidazole rings is 1. The quantitative estimate of drug-likeness (QED) is 0.241. The second-order valence-corrected chi connectivity index (χ2v) is 10.6. The van der Waals surface area contributed by atoms with Gasteiger partial charge < -0.3 is 0 Å². The molecule has 0 aliphatic carbocycles. The summed E-state index contributed by atoms with van der Waals surface area (Å²) in [5.74, 6) is 1.72. The summed E-state index contributed by atoms with van der Waals surface area (Å²) in [4.78, 5) is 0.975. The van der Waals surface area contributed by atoms with Gasteiger partial charge in [-0.3, -0.25) is 0 Å². The molecule has 0 saturated carbocycles. The lowest BCUT2D eigenvalue weighted by Gasteiger charge is -2.20. The monoisotopic (exact) mass is 477 g/mol. The Labute approximate surface area is 209 Å². The first-order valence-corrected chi connectivity index (χ1v) is 12.8.